The molecule has 2 aliphatic heterocycles. The van der Waals surface area contributed by atoms with E-state index in [0.29, 0.717) is 35.8 Å². The Balaban J connectivity index is 2.13. The van der Waals surface area contributed by atoms with Crippen LogP contribution in [0.4, 0.5) is 0 Å². The van der Waals surface area contributed by atoms with Crippen molar-refractivity contribution in [3.63, 3.8) is 0 Å². The van der Waals surface area contributed by atoms with Crippen LogP contribution in [-0.4, -0.2) is 19.2 Å². The van der Waals surface area contributed by atoms with Crippen molar-refractivity contribution in [2.45, 2.75) is 12.8 Å². The van der Waals surface area contributed by atoms with E-state index in [4.69, 9.17) is 14.2 Å². The molecule has 78 valence electrons. The molecule has 2 heterocycles. The van der Waals surface area contributed by atoms with Crippen molar-refractivity contribution in [1.29, 1.82) is 0 Å². The molecule has 2 aliphatic rings. The standard InChI is InChI=1S/C11H10O4/c12-8-2-1-3-13-9-5-11-10(4-7(8)9)14-6-15-11/h4-5H,1-3,6H2. The van der Waals surface area contributed by atoms with Gasteiger partial charge in [0, 0.05) is 12.5 Å². The first-order valence-corrected chi connectivity index (χ1v) is 4.94. The third-order valence-corrected chi connectivity index (χ3v) is 2.58. The zero-order valence-electron chi connectivity index (χ0n) is 8.12. The predicted molar refractivity (Wildman–Crippen MR) is 51.6 cm³/mol. The van der Waals surface area contributed by atoms with E-state index < -0.39 is 0 Å². The lowest BCUT2D eigenvalue weighted by Gasteiger charge is -2.06. The maximum atomic E-state index is 11.7. The predicted octanol–water partition coefficient (Wildman–Crippen LogP) is 1.77. The minimum atomic E-state index is 0.112. The molecule has 4 nitrogen and oxygen atoms in total. The number of rotatable bonds is 0. The molecule has 4 heteroatoms. The van der Waals surface area contributed by atoms with Crippen molar-refractivity contribution in [2.75, 3.05) is 13.4 Å². The summed E-state index contributed by atoms with van der Waals surface area (Å²) in [5.74, 6) is 2.01. The van der Waals surface area contributed by atoms with Gasteiger partial charge in [0.2, 0.25) is 6.79 Å². The van der Waals surface area contributed by atoms with Crippen LogP contribution < -0.4 is 14.2 Å². The SMILES string of the molecule is O=C1CCCOc2cc3c(cc21)OCO3. The molecule has 0 aromatic heterocycles. The van der Waals surface area contributed by atoms with Gasteiger partial charge in [-0.15, -0.1) is 0 Å². The lowest BCUT2D eigenvalue weighted by molar-refractivity contribution is 0.0982. The Labute approximate surface area is 86.7 Å². The molecule has 15 heavy (non-hydrogen) atoms. The van der Waals surface area contributed by atoms with Gasteiger partial charge in [0.25, 0.3) is 0 Å². The third kappa shape index (κ3) is 1.33. The highest BCUT2D eigenvalue weighted by atomic mass is 16.7. The molecular formula is C11H10O4. The third-order valence-electron chi connectivity index (χ3n) is 2.58. The summed E-state index contributed by atoms with van der Waals surface area (Å²) in [5, 5.41) is 0. The van der Waals surface area contributed by atoms with Crippen molar-refractivity contribution >= 4 is 5.78 Å². The molecule has 1 aromatic rings. The van der Waals surface area contributed by atoms with Gasteiger partial charge in [-0.1, -0.05) is 0 Å². The molecule has 0 atom stereocenters. The van der Waals surface area contributed by atoms with Crippen molar-refractivity contribution in [2.24, 2.45) is 0 Å². The van der Waals surface area contributed by atoms with E-state index in [9.17, 15) is 4.79 Å². The van der Waals surface area contributed by atoms with E-state index in [1.165, 1.54) is 0 Å². The van der Waals surface area contributed by atoms with Crippen LogP contribution in [0.5, 0.6) is 17.2 Å². The Morgan fingerprint density at radius 3 is 2.67 bits per heavy atom. The normalized spacial score (nSPS) is 18.0. The Kier molecular flexibility index (Phi) is 1.80. The van der Waals surface area contributed by atoms with Crippen LogP contribution in [0.25, 0.3) is 0 Å². The number of hydrogen-bond donors (Lipinski definition) is 0. The highest BCUT2D eigenvalue weighted by molar-refractivity contribution is 5.99. The minimum Gasteiger partial charge on any atom is -0.493 e. The highest BCUT2D eigenvalue weighted by Crippen LogP contribution is 2.39. The molecular weight excluding hydrogens is 196 g/mol. The summed E-state index contributed by atoms with van der Waals surface area (Å²) in [4.78, 5) is 11.7. The molecule has 0 aliphatic carbocycles. The van der Waals surface area contributed by atoms with Gasteiger partial charge in [-0.25, -0.2) is 0 Å². The second-order valence-electron chi connectivity index (χ2n) is 3.58. The first kappa shape index (κ1) is 8.59. The van der Waals surface area contributed by atoms with Crippen molar-refractivity contribution < 1.29 is 19.0 Å². The molecule has 0 amide bonds. The molecule has 0 saturated heterocycles. The maximum absolute atomic E-state index is 11.7. The summed E-state index contributed by atoms with van der Waals surface area (Å²) < 4.78 is 15.9. The molecule has 0 fully saturated rings. The Hall–Kier alpha value is -1.71. The van der Waals surface area contributed by atoms with Crippen LogP contribution in [0.15, 0.2) is 12.1 Å². The summed E-state index contributed by atoms with van der Waals surface area (Å²) in [7, 11) is 0. The molecule has 3 rings (SSSR count). The van der Waals surface area contributed by atoms with E-state index in [1.54, 1.807) is 12.1 Å². The van der Waals surface area contributed by atoms with E-state index in [-0.39, 0.29) is 12.6 Å². The lowest BCUT2D eigenvalue weighted by Crippen LogP contribution is -1.97. The fourth-order valence-electron chi connectivity index (χ4n) is 1.81. The summed E-state index contributed by atoms with van der Waals surface area (Å²) in [6, 6.07) is 3.45. The molecule has 0 N–H and O–H groups in total. The van der Waals surface area contributed by atoms with E-state index in [0.717, 1.165) is 6.42 Å². The summed E-state index contributed by atoms with van der Waals surface area (Å²) in [5.41, 5.74) is 0.608. The first-order chi connectivity index (χ1) is 7.34. The van der Waals surface area contributed by atoms with Gasteiger partial charge in [0.05, 0.1) is 12.2 Å². The quantitative estimate of drug-likeness (QED) is 0.649. The number of benzene rings is 1. The number of ketones is 1. The molecule has 0 saturated carbocycles. The number of carbonyl (C=O) groups is 1. The maximum Gasteiger partial charge on any atom is 0.231 e. The van der Waals surface area contributed by atoms with Gasteiger partial charge in [0.15, 0.2) is 17.3 Å². The summed E-state index contributed by atoms with van der Waals surface area (Å²) >= 11 is 0. The average molecular weight is 206 g/mol. The Morgan fingerprint density at radius 2 is 1.80 bits per heavy atom. The van der Waals surface area contributed by atoms with Crippen molar-refractivity contribution in [3.8, 4) is 17.2 Å². The van der Waals surface area contributed by atoms with Crippen LogP contribution in [0.2, 0.25) is 0 Å². The molecule has 0 bridgehead atoms. The van der Waals surface area contributed by atoms with Crippen LogP contribution in [0.3, 0.4) is 0 Å². The van der Waals surface area contributed by atoms with Gasteiger partial charge in [0.1, 0.15) is 5.75 Å². The molecule has 1 aromatic carbocycles. The van der Waals surface area contributed by atoms with Gasteiger partial charge >= 0.3 is 0 Å². The molecule has 0 radical (unpaired) electrons. The fraction of sp³-hybridized carbons (Fsp3) is 0.364. The lowest BCUT2D eigenvalue weighted by atomic mass is 10.1. The zero-order valence-corrected chi connectivity index (χ0v) is 8.12. The molecule has 0 spiro atoms. The number of Topliss-reactive ketones (excluding diaryl/α,β-unsaturated/α-hetero) is 1. The minimum absolute atomic E-state index is 0.112. The van der Waals surface area contributed by atoms with Crippen LogP contribution in [-0.2, 0) is 0 Å². The topological polar surface area (TPSA) is 44.8 Å². The van der Waals surface area contributed by atoms with Crippen molar-refractivity contribution in [1.82, 2.24) is 0 Å². The van der Waals surface area contributed by atoms with Crippen molar-refractivity contribution in [3.05, 3.63) is 17.7 Å². The number of hydrogen-bond acceptors (Lipinski definition) is 4. The number of ether oxygens (including phenoxy) is 3. The van der Waals surface area contributed by atoms with E-state index in [1.807, 2.05) is 0 Å². The first-order valence-electron chi connectivity index (χ1n) is 4.94. The van der Waals surface area contributed by atoms with Gasteiger partial charge < -0.3 is 14.2 Å². The number of fused-ring (bicyclic) bond motifs is 2. The largest absolute Gasteiger partial charge is 0.493 e. The van der Waals surface area contributed by atoms with E-state index >= 15 is 0 Å². The Bertz CT molecular complexity index is 425. The van der Waals surface area contributed by atoms with Crippen LogP contribution in [0.1, 0.15) is 23.2 Å². The van der Waals surface area contributed by atoms with Gasteiger partial charge in [-0.3, -0.25) is 4.79 Å². The Morgan fingerprint density at radius 1 is 1.00 bits per heavy atom. The van der Waals surface area contributed by atoms with Gasteiger partial charge in [-0.05, 0) is 12.5 Å². The zero-order chi connectivity index (χ0) is 10.3. The van der Waals surface area contributed by atoms with Crippen LogP contribution in [0, 0.1) is 0 Å². The summed E-state index contributed by atoms with van der Waals surface area (Å²) in [6.45, 7) is 0.796. The monoisotopic (exact) mass is 206 g/mol. The smallest absolute Gasteiger partial charge is 0.231 e. The summed E-state index contributed by atoms with van der Waals surface area (Å²) in [6.07, 6.45) is 1.30. The second-order valence-corrected chi connectivity index (χ2v) is 3.58. The second kappa shape index (κ2) is 3.15. The van der Waals surface area contributed by atoms with E-state index in [2.05, 4.69) is 0 Å². The average Bonchev–Trinajstić information content (AvgIpc) is 2.62. The number of carbonyl (C=O) groups excluding carboxylic acids is 1. The fourth-order valence-corrected chi connectivity index (χ4v) is 1.81. The van der Waals surface area contributed by atoms with Crippen LogP contribution >= 0.6 is 0 Å². The van der Waals surface area contributed by atoms with Gasteiger partial charge in [-0.2, -0.15) is 0 Å². The molecule has 0 unspecified atom stereocenters. The highest BCUT2D eigenvalue weighted by Gasteiger charge is 2.23.